The number of esters is 1. The number of amides is 3. The summed E-state index contributed by atoms with van der Waals surface area (Å²) in [4.78, 5) is 49.9. The van der Waals surface area contributed by atoms with Crippen LogP contribution in [0.25, 0.3) is 0 Å². The second kappa shape index (κ2) is 41.5. The summed E-state index contributed by atoms with van der Waals surface area (Å²) < 4.78 is 54.6. The van der Waals surface area contributed by atoms with E-state index in [1.807, 2.05) is 60.7 Å². The Kier molecular flexibility index (Phi) is 36.3. The van der Waals surface area contributed by atoms with Gasteiger partial charge in [-0.25, -0.2) is 4.79 Å². The second-order valence-corrected chi connectivity index (χ2v) is 14.5. The lowest BCUT2D eigenvalue weighted by Gasteiger charge is -2.17. The van der Waals surface area contributed by atoms with Gasteiger partial charge in [0.25, 0.3) is 0 Å². The Morgan fingerprint density at radius 2 is 0.906 bits per heavy atom. The van der Waals surface area contributed by atoms with Crippen molar-refractivity contribution < 1.29 is 66.5 Å². The normalized spacial score (nSPS) is 11.5. The summed E-state index contributed by atoms with van der Waals surface area (Å²) in [6.45, 7) is 11.4. The zero-order valence-corrected chi connectivity index (χ0v) is 38.1. The third-order valence-corrected chi connectivity index (χ3v) is 9.09. The van der Waals surface area contributed by atoms with Crippen LogP contribution in [0, 0.1) is 5.92 Å². The summed E-state index contributed by atoms with van der Waals surface area (Å²) in [5, 5.41) is 8.51. The van der Waals surface area contributed by atoms with Gasteiger partial charge in [0.2, 0.25) is 11.8 Å². The van der Waals surface area contributed by atoms with E-state index in [4.69, 9.17) is 47.4 Å². The first-order chi connectivity index (χ1) is 31.5. The molecule has 0 aliphatic rings. The Labute approximate surface area is 380 Å². The number of hydrogen-bond donors (Lipinski definition) is 3. The van der Waals surface area contributed by atoms with Crippen LogP contribution in [0.3, 0.4) is 0 Å². The molecule has 0 unspecified atom stereocenters. The molecule has 1 atom stereocenters. The van der Waals surface area contributed by atoms with Crippen LogP contribution in [-0.4, -0.2) is 149 Å². The van der Waals surface area contributed by atoms with Crippen molar-refractivity contribution in [3.05, 3.63) is 71.8 Å². The van der Waals surface area contributed by atoms with E-state index in [2.05, 4.69) is 22.9 Å². The van der Waals surface area contributed by atoms with Crippen molar-refractivity contribution in [3.63, 3.8) is 0 Å². The summed E-state index contributed by atoms with van der Waals surface area (Å²) in [5.41, 5.74) is 1.77. The number of carbonyl (C=O) groups is 4. The van der Waals surface area contributed by atoms with Gasteiger partial charge in [-0.3, -0.25) is 14.4 Å². The molecule has 2 rings (SSSR count). The third kappa shape index (κ3) is 34.2. The quantitative estimate of drug-likeness (QED) is 0.0608. The van der Waals surface area contributed by atoms with E-state index in [0.29, 0.717) is 151 Å². The molecule has 64 heavy (non-hydrogen) atoms. The number of alkyl carbamates (subject to hydrolysis) is 1. The maximum atomic E-state index is 13.1. The smallest absolute Gasteiger partial charge is 0.407 e. The van der Waals surface area contributed by atoms with Crippen molar-refractivity contribution in [2.75, 3.05) is 125 Å². The van der Waals surface area contributed by atoms with Crippen LogP contribution in [0.15, 0.2) is 60.7 Å². The molecule has 0 bridgehead atoms. The fraction of sp³-hybridized carbons (Fsp3) is 0.660. The Hall–Kier alpha value is -4.20. The van der Waals surface area contributed by atoms with Crippen molar-refractivity contribution >= 4 is 23.9 Å². The van der Waals surface area contributed by atoms with E-state index in [-0.39, 0.29) is 37.9 Å². The Morgan fingerprint density at radius 3 is 1.42 bits per heavy atom. The van der Waals surface area contributed by atoms with Crippen LogP contribution in [0.5, 0.6) is 0 Å². The summed E-state index contributed by atoms with van der Waals surface area (Å²) in [7, 11) is 0. The summed E-state index contributed by atoms with van der Waals surface area (Å²) in [5.74, 6) is -1.31. The molecule has 2 aromatic carbocycles. The molecule has 3 N–H and O–H groups in total. The molecule has 2 aromatic rings. The van der Waals surface area contributed by atoms with Crippen molar-refractivity contribution in [2.45, 2.75) is 71.5 Å². The Bertz CT molecular complexity index is 1430. The highest BCUT2D eigenvalue weighted by Crippen LogP contribution is 2.15. The molecule has 17 nitrogen and oxygen atoms in total. The van der Waals surface area contributed by atoms with Crippen LogP contribution in [-0.2, 0) is 75.0 Å². The molecule has 3 amide bonds. The molecular formula is C47H75N3O14. The SMILES string of the molecule is CCCOCCOCCOCCOCCOCCC(=O)NCCCOCCOCCOCCCNC(=O)[C@H](CCCCNC(=O)OCc1ccccc1)CC(=O)OCc1ccccc1. The number of carbonyl (C=O) groups excluding carboxylic acids is 4. The highest BCUT2D eigenvalue weighted by Gasteiger charge is 2.22. The van der Waals surface area contributed by atoms with E-state index >= 15 is 0 Å². The lowest BCUT2D eigenvalue weighted by molar-refractivity contribution is -0.148. The zero-order chi connectivity index (χ0) is 45.8. The number of ether oxygens (including phenoxy) is 10. The first-order valence-electron chi connectivity index (χ1n) is 22.8. The molecule has 0 aromatic heterocycles. The number of benzene rings is 2. The van der Waals surface area contributed by atoms with Gasteiger partial charge in [0.05, 0.1) is 92.3 Å². The molecule has 362 valence electrons. The van der Waals surface area contributed by atoms with Crippen LogP contribution in [0.4, 0.5) is 4.79 Å². The topological polar surface area (TPSA) is 197 Å². The van der Waals surface area contributed by atoms with Crippen LogP contribution in [0.1, 0.15) is 69.4 Å². The van der Waals surface area contributed by atoms with Gasteiger partial charge in [0, 0.05) is 51.8 Å². The largest absolute Gasteiger partial charge is 0.461 e. The van der Waals surface area contributed by atoms with Crippen molar-refractivity contribution in [1.29, 1.82) is 0 Å². The molecular weight excluding hydrogens is 831 g/mol. The van der Waals surface area contributed by atoms with Crippen LogP contribution >= 0.6 is 0 Å². The lowest BCUT2D eigenvalue weighted by Crippen LogP contribution is -2.33. The minimum absolute atomic E-state index is 0.0425. The molecule has 0 heterocycles. The molecule has 0 spiro atoms. The minimum Gasteiger partial charge on any atom is -0.461 e. The summed E-state index contributed by atoms with van der Waals surface area (Å²) >= 11 is 0. The van der Waals surface area contributed by atoms with Gasteiger partial charge < -0.3 is 63.3 Å². The van der Waals surface area contributed by atoms with Crippen LogP contribution in [0.2, 0.25) is 0 Å². The average molecular weight is 906 g/mol. The zero-order valence-electron chi connectivity index (χ0n) is 38.1. The first kappa shape index (κ1) is 55.9. The van der Waals surface area contributed by atoms with E-state index in [9.17, 15) is 19.2 Å². The summed E-state index contributed by atoms with van der Waals surface area (Å²) in [6, 6.07) is 18.8. The van der Waals surface area contributed by atoms with E-state index in [0.717, 1.165) is 24.2 Å². The highest BCUT2D eigenvalue weighted by molar-refractivity contribution is 5.83. The second-order valence-electron chi connectivity index (χ2n) is 14.5. The lowest BCUT2D eigenvalue weighted by atomic mass is 9.97. The number of rotatable bonds is 43. The molecule has 0 fully saturated rings. The molecule has 0 saturated carbocycles. The third-order valence-electron chi connectivity index (χ3n) is 9.09. The number of unbranched alkanes of at least 4 members (excludes halogenated alkanes) is 1. The molecule has 0 saturated heterocycles. The standard InChI is InChI=1S/C47H75N3O14/c1-2-22-55-26-30-59-34-36-62-37-35-61-33-29-58-25-18-44(51)48-20-11-23-56-27-31-60-32-28-57-24-12-21-49-46(53)43(38-45(52)63-39-41-13-5-3-6-14-41)17-9-10-19-50-47(54)64-40-42-15-7-4-8-16-42/h3-8,13-16,43H,2,9-12,17-40H2,1H3,(H,48,51)(H,49,53)(H,50,54)/t43-/m1/s1. The van der Waals surface area contributed by atoms with Gasteiger partial charge in [0.15, 0.2) is 0 Å². The summed E-state index contributed by atoms with van der Waals surface area (Å²) in [6.07, 6.45) is 3.72. The maximum absolute atomic E-state index is 13.1. The molecule has 0 aliphatic heterocycles. The van der Waals surface area contributed by atoms with E-state index < -0.39 is 18.0 Å². The fourth-order valence-corrected chi connectivity index (χ4v) is 5.66. The molecule has 0 radical (unpaired) electrons. The maximum Gasteiger partial charge on any atom is 0.407 e. The highest BCUT2D eigenvalue weighted by atomic mass is 16.6. The monoisotopic (exact) mass is 906 g/mol. The average Bonchev–Trinajstić information content (AvgIpc) is 3.31. The molecule has 0 aliphatic carbocycles. The Morgan fingerprint density at radius 1 is 0.469 bits per heavy atom. The van der Waals surface area contributed by atoms with Crippen molar-refractivity contribution in [2.24, 2.45) is 5.92 Å². The molecule has 17 heteroatoms. The first-order valence-corrected chi connectivity index (χ1v) is 22.8. The van der Waals surface area contributed by atoms with Crippen molar-refractivity contribution in [1.82, 2.24) is 16.0 Å². The number of hydrogen-bond acceptors (Lipinski definition) is 14. The Balaban J connectivity index is 1.40. The van der Waals surface area contributed by atoms with Gasteiger partial charge in [-0.2, -0.15) is 0 Å². The van der Waals surface area contributed by atoms with Gasteiger partial charge in [-0.05, 0) is 43.2 Å². The number of nitrogens with one attached hydrogen (secondary N) is 3. The minimum atomic E-state index is -0.568. The van der Waals surface area contributed by atoms with Gasteiger partial charge >= 0.3 is 12.1 Å². The van der Waals surface area contributed by atoms with Gasteiger partial charge in [-0.15, -0.1) is 0 Å². The van der Waals surface area contributed by atoms with Gasteiger partial charge in [0.1, 0.15) is 13.2 Å². The predicted octanol–water partition coefficient (Wildman–Crippen LogP) is 4.78. The van der Waals surface area contributed by atoms with E-state index in [1.165, 1.54) is 0 Å². The van der Waals surface area contributed by atoms with Crippen molar-refractivity contribution in [3.8, 4) is 0 Å². The predicted molar refractivity (Wildman–Crippen MR) is 240 cm³/mol. The van der Waals surface area contributed by atoms with Crippen LogP contribution < -0.4 is 16.0 Å². The van der Waals surface area contributed by atoms with E-state index in [1.54, 1.807) is 0 Å². The fourth-order valence-electron chi connectivity index (χ4n) is 5.66. The van der Waals surface area contributed by atoms with Gasteiger partial charge in [-0.1, -0.05) is 74.0 Å².